The number of non-ortho nitro benzene ring substituents is 1. The molecule has 0 aliphatic rings. The smallest absolute Gasteiger partial charge is 0.277 e. The minimum absolute atomic E-state index is 0.0378. The van der Waals surface area contributed by atoms with Crippen molar-refractivity contribution >= 4 is 17.8 Å². The normalized spacial score (nSPS) is 10.5. The number of nitro benzene ring substituents is 1. The number of carbonyl (C=O) groups is 1. The number of nitrogens with one attached hydrogen (secondary N) is 1. The van der Waals surface area contributed by atoms with Gasteiger partial charge in [0.1, 0.15) is 5.75 Å². The van der Waals surface area contributed by atoms with Crippen LogP contribution in [-0.4, -0.2) is 23.7 Å². The first kappa shape index (κ1) is 17.1. The van der Waals surface area contributed by atoms with Crippen LogP contribution < -0.4 is 10.2 Å². The molecule has 0 aromatic heterocycles. The average Bonchev–Trinajstić information content (AvgIpc) is 2.60. The van der Waals surface area contributed by atoms with E-state index < -0.39 is 10.8 Å². The largest absolute Gasteiger partial charge is 0.484 e. The molecular formula is C17H17N3O4. The van der Waals surface area contributed by atoms with E-state index in [1.54, 1.807) is 24.3 Å². The lowest BCUT2D eigenvalue weighted by atomic mass is 10.2. The minimum atomic E-state index is -0.492. The lowest BCUT2D eigenvalue weighted by molar-refractivity contribution is -0.384. The zero-order valence-electron chi connectivity index (χ0n) is 13.1. The van der Waals surface area contributed by atoms with Gasteiger partial charge in [0.15, 0.2) is 6.61 Å². The lowest BCUT2D eigenvalue weighted by Crippen LogP contribution is -2.24. The Morgan fingerprint density at radius 2 is 2.04 bits per heavy atom. The van der Waals surface area contributed by atoms with Crippen LogP contribution in [0.2, 0.25) is 0 Å². The number of aryl methyl sites for hydroxylation is 1. The van der Waals surface area contributed by atoms with Gasteiger partial charge in [-0.05, 0) is 24.1 Å². The molecule has 1 amide bonds. The van der Waals surface area contributed by atoms with E-state index in [0.29, 0.717) is 11.3 Å². The summed E-state index contributed by atoms with van der Waals surface area (Å²) in [4.78, 5) is 21.8. The van der Waals surface area contributed by atoms with Crippen molar-refractivity contribution in [1.29, 1.82) is 0 Å². The number of nitro groups is 1. The number of nitrogens with zero attached hydrogens (tertiary/aromatic N) is 2. The second-order valence-corrected chi connectivity index (χ2v) is 4.93. The molecule has 0 atom stereocenters. The molecule has 2 aromatic rings. The highest BCUT2D eigenvalue weighted by molar-refractivity contribution is 5.83. The summed E-state index contributed by atoms with van der Waals surface area (Å²) in [5.74, 6) is 0.182. The number of ether oxygens (including phenoxy) is 1. The molecular weight excluding hydrogens is 310 g/mol. The Morgan fingerprint density at radius 1 is 1.29 bits per heavy atom. The van der Waals surface area contributed by atoms with Crippen LogP contribution in [0.4, 0.5) is 5.69 Å². The summed E-state index contributed by atoms with van der Waals surface area (Å²) in [6.45, 7) is 1.89. The summed E-state index contributed by atoms with van der Waals surface area (Å²) in [6, 6.07) is 13.4. The first-order valence-corrected chi connectivity index (χ1v) is 7.36. The van der Waals surface area contributed by atoms with Crippen molar-refractivity contribution in [2.75, 3.05) is 6.61 Å². The predicted molar refractivity (Wildman–Crippen MR) is 90.1 cm³/mol. The summed E-state index contributed by atoms with van der Waals surface area (Å²) in [6.07, 6.45) is 2.27. The van der Waals surface area contributed by atoms with E-state index in [2.05, 4.69) is 17.5 Å². The van der Waals surface area contributed by atoms with Crippen LogP contribution in [0.5, 0.6) is 5.75 Å². The number of rotatable bonds is 7. The summed E-state index contributed by atoms with van der Waals surface area (Å²) < 4.78 is 5.35. The lowest BCUT2D eigenvalue weighted by Gasteiger charge is -2.05. The highest BCUT2D eigenvalue weighted by atomic mass is 16.6. The van der Waals surface area contributed by atoms with Crippen LogP contribution in [0.3, 0.4) is 0 Å². The molecule has 0 bridgehead atoms. The van der Waals surface area contributed by atoms with Crippen molar-refractivity contribution in [3.05, 3.63) is 69.8 Å². The fraction of sp³-hybridized carbons (Fsp3) is 0.176. The van der Waals surface area contributed by atoms with Crippen LogP contribution in [0.15, 0.2) is 53.6 Å². The van der Waals surface area contributed by atoms with Gasteiger partial charge in [-0.1, -0.05) is 31.2 Å². The Balaban J connectivity index is 1.81. The number of hydrogen-bond acceptors (Lipinski definition) is 5. The van der Waals surface area contributed by atoms with E-state index in [1.807, 2.05) is 12.1 Å². The molecule has 24 heavy (non-hydrogen) atoms. The first-order valence-electron chi connectivity index (χ1n) is 7.36. The number of carbonyl (C=O) groups excluding carboxylic acids is 1. The van der Waals surface area contributed by atoms with Gasteiger partial charge in [-0.25, -0.2) is 5.43 Å². The summed E-state index contributed by atoms with van der Waals surface area (Å²) >= 11 is 0. The average molecular weight is 327 g/mol. The maximum Gasteiger partial charge on any atom is 0.277 e. The second kappa shape index (κ2) is 8.42. The quantitative estimate of drug-likeness (QED) is 0.480. The molecule has 1 N–H and O–H groups in total. The Kier molecular flexibility index (Phi) is 6.01. The monoisotopic (exact) mass is 327 g/mol. The summed E-state index contributed by atoms with van der Waals surface area (Å²) in [7, 11) is 0. The van der Waals surface area contributed by atoms with Crippen molar-refractivity contribution in [1.82, 2.24) is 5.43 Å². The summed E-state index contributed by atoms with van der Waals surface area (Å²) in [5, 5.41) is 14.4. The molecule has 124 valence electrons. The minimum Gasteiger partial charge on any atom is -0.484 e. The van der Waals surface area contributed by atoms with Crippen molar-refractivity contribution in [2.24, 2.45) is 5.10 Å². The zero-order valence-corrected chi connectivity index (χ0v) is 13.1. The van der Waals surface area contributed by atoms with Gasteiger partial charge >= 0.3 is 0 Å². The van der Waals surface area contributed by atoms with E-state index in [-0.39, 0.29) is 12.3 Å². The Morgan fingerprint density at radius 3 is 2.71 bits per heavy atom. The number of hydrogen-bond donors (Lipinski definition) is 1. The van der Waals surface area contributed by atoms with Gasteiger partial charge in [0.2, 0.25) is 0 Å². The SMILES string of the molecule is CCc1ccc(OCC(=O)N/N=C\c2cccc([N+](=O)[O-])c2)cc1. The van der Waals surface area contributed by atoms with E-state index >= 15 is 0 Å². The highest BCUT2D eigenvalue weighted by Gasteiger charge is 2.04. The number of benzene rings is 2. The molecule has 0 fully saturated rings. The molecule has 0 aliphatic carbocycles. The van der Waals surface area contributed by atoms with Crippen LogP contribution in [-0.2, 0) is 11.2 Å². The standard InChI is InChI=1S/C17H17N3O4/c1-2-13-6-8-16(9-7-13)24-12-17(21)19-18-11-14-4-3-5-15(10-14)20(22)23/h3-11H,2,12H2,1H3,(H,19,21)/b18-11-. The molecule has 2 rings (SSSR count). The molecule has 2 aromatic carbocycles. The van der Waals surface area contributed by atoms with E-state index in [9.17, 15) is 14.9 Å². The van der Waals surface area contributed by atoms with Crippen LogP contribution in [0.25, 0.3) is 0 Å². The van der Waals surface area contributed by atoms with Crippen molar-refractivity contribution in [2.45, 2.75) is 13.3 Å². The third-order valence-corrected chi connectivity index (χ3v) is 3.19. The van der Waals surface area contributed by atoms with Crippen LogP contribution in [0.1, 0.15) is 18.1 Å². The Hall–Kier alpha value is -3.22. The van der Waals surface area contributed by atoms with E-state index in [4.69, 9.17) is 4.74 Å². The molecule has 7 nitrogen and oxygen atoms in total. The maximum absolute atomic E-state index is 11.6. The molecule has 0 aliphatic heterocycles. The third kappa shape index (κ3) is 5.20. The van der Waals surface area contributed by atoms with Gasteiger partial charge in [-0.15, -0.1) is 0 Å². The number of hydrazone groups is 1. The van der Waals surface area contributed by atoms with Gasteiger partial charge in [-0.3, -0.25) is 14.9 Å². The Bertz CT molecular complexity index is 742. The van der Waals surface area contributed by atoms with Crippen LogP contribution in [0, 0.1) is 10.1 Å². The molecule has 7 heteroatoms. The molecule has 0 radical (unpaired) electrons. The zero-order chi connectivity index (χ0) is 17.4. The van der Waals surface area contributed by atoms with Crippen molar-refractivity contribution < 1.29 is 14.5 Å². The summed E-state index contributed by atoms with van der Waals surface area (Å²) in [5.41, 5.74) is 3.97. The van der Waals surface area contributed by atoms with Crippen molar-refractivity contribution in [3.63, 3.8) is 0 Å². The van der Waals surface area contributed by atoms with E-state index in [1.165, 1.54) is 23.9 Å². The Labute approximate surface area is 139 Å². The van der Waals surface area contributed by atoms with Crippen LogP contribution >= 0.6 is 0 Å². The van der Waals surface area contributed by atoms with Crippen molar-refractivity contribution in [3.8, 4) is 5.75 Å². The first-order chi connectivity index (χ1) is 11.6. The highest BCUT2D eigenvalue weighted by Crippen LogP contribution is 2.12. The fourth-order valence-corrected chi connectivity index (χ4v) is 1.90. The molecule has 0 saturated heterocycles. The maximum atomic E-state index is 11.6. The molecule has 0 unspecified atom stereocenters. The topological polar surface area (TPSA) is 93.8 Å². The van der Waals surface area contributed by atoms with Gasteiger partial charge < -0.3 is 4.74 Å². The molecule has 0 heterocycles. The van der Waals surface area contributed by atoms with Gasteiger partial charge in [0.25, 0.3) is 11.6 Å². The second-order valence-electron chi connectivity index (χ2n) is 4.93. The van der Waals surface area contributed by atoms with Gasteiger partial charge in [-0.2, -0.15) is 5.10 Å². The molecule has 0 saturated carbocycles. The predicted octanol–water partition coefficient (Wildman–Crippen LogP) is 2.69. The fourth-order valence-electron chi connectivity index (χ4n) is 1.90. The third-order valence-electron chi connectivity index (χ3n) is 3.19. The van der Waals surface area contributed by atoms with Gasteiger partial charge in [0, 0.05) is 17.7 Å². The van der Waals surface area contributed by atoms with E-state index in [0.717, 1.165) is 6.42 Å². The number of amides is 1. The van der Waals surface area contributed by atoms with Gasteiger partial charge in [0.05, 0.1) is 11.1 Å². The molecule has 0 spiro atoms.